The summed E-state index contributed by atoms with van der Waals surface area (Å²) in [5.74, 6) is -4.95. The second-order valence-corrected chi connectivity index (χ2v) is 11.2. The van der Waals surface area contributed by atoms with Crippen LogP contribution in [-0.2, 0) is 23.7 Å². The van der Waals surface area contributed by atoms with Crippen LogP contribution >= 0.6 is 0 Å². The number of phenols is 3. The molecule has 2 saturated heterocycles. The van der Waals surface area contributed by atoms with E-state index < -0.39 is 119 Å². The van der Waals surface area contributed by atoms with Gasteiger partial charge in [0.05, 0.1) is 13.2 Å². The molecule has 2 fully saturated rings. The third-order valence-electron chi connectivity index (χ3n) is 7.94. The molecule has 2 aromatic carbocycles. The Balaban J connectivity index is 1.56. The maximum atomic E-state index is 13.1. The average molecular weight is 683 g/mol. The maximum Gasteiger partial charge on any atom is 0.302 e. The number of phenolic OH excluding ortho intramolecular Hbond substituents is 3. The van der Waals surface area contributed by atoms with Gasteiger partial charge in [-0.15, -0.1) is 0 Å². The van der Waals surface area contributed by atoms with Crippen molar-refractivity contribution in [1.29, 1.82) is 0 Å². The van der Waals surface area contributed by atoms with Crippen molar-refractivity contribution >= 4 is 16.9 Å². The lowest BCUT2D eigenvalue weighted by atomic mass is 9.97. The molecule has 2 aliphatic heterocycles. The minimum atomic E-state index is -1.93. The summed E-state index contributed by atoms with van der Waals surface area (Å²) >= 11 is 0. The molecule has 3 aromatic rings. The van der Waals surface area contributed by atoms with Crippen LogP contribution in [0.4, 0.5) is 0 Å². The van der Waals surface area contributed by atoms with Crippen molar-refractivity contribution in [1.82, 2.24) is 0 Å². The lowest BCUT2D eigenvalue weighted by Gasteiger charge is -2.45. The van der Waals surface area contributed by atoms with Crippen molar-refractivity contribution in [3.8, 4) is 45.8 Å². The molecular formula is C30H34O18. The first-order valence-electron chi connectivity index (χ1n) is 14.4. The first-order chi connectivity index (χ1) is 22.6. The van der Waals surface area contributed by atoms with Gasteiger partial charge in [-0.2, -0.15) is 0 Å². The molecule has 2 aliphatic rings. The molecule has 0 saturated carbocycles. The molecule has 9 N–H and O–H groups in total. The van der Waals surface area contributed by atoms with Gasteiger partial charge >= 0.3 is 5.97 Å². The highest BCUT2D eigenvalue weighted by molar-refractivity contribution is 5.93. The summed E-state index contributed by atoms with van der Waals surface area (Å²) in [7, 11) is 1.26. The van der Waals surface area contributed by atoms with Gasteiger partial charge in [-0.1, -0.05) is 0 Å². The van der Waals surface area contributed by atoms with E-state index in [2.05, 4.69) is 0 Å². The minimum absolute atomic E-state index is 0.0217. The average Bonchev–Trinajstić information content (AvgIpc) is 3.05. The van der Waals surface area contributed by atoms with E-state index in [1.54, 1.807) is 0 Å². The third kappa shape index (κ3) is 6.39. The van der Waals surface area contributed by atoms with Crippen LogP contribution in [-0.4, -0.2) is 127 Å². The van der Waals surface area contributed by atoms with E-state index in [1.165, 1.54) is 32.2 Å². The monoisotopic (exact) mass is 682 g/mol. The first-order valence-corrected chi connectivity index (χ1v) is 14.4. The number of aliphatic hydroxyl groups is 5. The molecule has 1 aromatic heterocycles. The molecule has 0 amide bonds. The molecule has 4 unspecified atom stereocenters. The quantitative estimate of drug-likeness (QED) is 0.101. The predicted octanol–water partition coefficient (Wildman–Crippen LogP) is -1.11. The molecular weight excluding hydrogens is 648 g/mol. The summed E-state index contributed by atoms with van der Waals surface area (Å²) < 4.78 is 38.2. The minimum Gasteiger partial charge on any atom is -0.507 e. The highest BCUT2D eigenvalue weighted by Gasteiger charge is 2.51. The van der Waals surface area contributed by atoms with Crippen molar-refractivity contribution in [3.63, 3.8) is 0 Å². The molecule has 3 heterocycles. The van der Waals surface area contributed by atoms with E-state index >= 15 is 0 Å². The number of aliphatic hydroxyl groups excluding tert-OH is 5. The largest absolute Gasteiger partial charge is 0.507 e. The Bertz CT molecular complexity index is 1720. The van der Waals surface area contributed by atoms with Crippen molar-refractivity contribution in [3.05, 3.63) is 34.5 Å². The van der Waals surface area contributed by atoms with E-state index in [0.29, 0.717) is 0 Å². The number of esters is 1. The normalized spacial score (nSPS) is 30.6. The maximum absolute atomic E-state index is 13.1. The summed E-state index contributed by atoms with van der Waals surface area (Å²) in [5.41, 5.74) is -1.82. The summed E-state index contributed by atoms with van der Waals surface area (Å²) in [5, 5.41) is 94.5. The SMILES string of the molecule is COc1cc(-c2oc3c(O)c(O[C@@H]4OC(COC(C)=O)[C@@H](O)[C@H](O)C4O[C@@H]4OC(C)[C@H](O)[C@H](O)C4O)cc(O)c3c(=O)c2O)ccc1O. The van der Waals surface area contributed by atoms with Crippen molar-refractivity contribution in [2.75, 3.05) is 13.7 Å². The van der Waals surface area contributed by atoms with Gasteiger partial charge in [0.25, 0.3) is 0 Å². The van der Waals surface area contributed by atoms with Gasteiger partial charge in [-0.05, 0) is 25.1 Å². The molecule has 0 bridgehead atoms. The summed E-state index contributed by atoms with van der Waals surface area (Å²) in [4.78, 5) is 24.6. The van der Waals surface area contributed by atoms with Crippen LogP contribution in [0.1, 0.15) is 13.8 Å². The summed E-state index contributed by atoms with van der Waals surface area (Å²) in [6, 6.07) is 4.44. The van der Waals surface area contributed by atoms with Crippen LogP contribution in [0.15, 0.2) is 33.5 Å². The van der Waals surface area contributed by atoms with Gasteiger partial charge < -0.3 is 78.8 Å². The lowest BCUT2D eigenvalue weighted by molar-refractivity contribution is -0.354. The van der Waals surface area contributed by atoms with E-state index in [1.807, 2.05) is 0 Å². The Morgan fingerprint density at radius 2 is 1.54 bits per heavy atom. The van der Waals surface area contributed by atoms with Crippen LogP contribution in [0.25, 0.3) is 22.3 Å². The second-order valence-electron chi connectivity index (χ2n) is 11.2. The Kier molecular flexibility index (Phi) is 9.90. The van der Waals surface area contributed by atoms with Gasteiger partial charge in [0, 0.05) is 18.6 Å². The van der Waals surface area contributed by atoms with Crippen molar-refractivity contribution in [2.45, 2.75) is 75.3 Å². The smallest absolute Gasteiger partial charge is 0.302 e. The number of benzene rings is 2. The number of methoxy groups -OCH3 is 1. The fourth-order valence-corrected chi connectivity index (χ4v) is 5.29. The molecule has 10 atom stereocenters. The Labute approximate surface area is 270 Å². The lowest BCUT2D eigenvalue weighted by Crippen LogP contribution is -2.64. The van der Waals surface area contributed by atoms with E-state index in [4.69, 9.17) is 32.8 Å². The van der Waals surface area contributed by atoms with Crippen LogP contribution in [0.5, 0.6) is 34.5 Å². The number of fused-ring (bicyclic) bond motifs is 1. The number of carbonyl (C=O) groups is 1. The number of ether oxygens (including phenoxy) is 6. The third-order valence-corrected chi connectivity index (χ3v) is 7.94. The zero-order chi connectivity index (χ0) is 35.2. The topological polar surface area (TPSA) is 285 Å². The van der Waals surface area contributed by atoms with Gasteiger partial charge in [0.1, 0.15) is 54.4 Å². The number of hydrogen-bond donors (Lipinski definition) is 9. The molecule has 18 heteroatoms. The molecule has 262 valence electrons. The van der Waals surface area contributed by atoms with Gasteiger partial charge in [0.15, 0.2) is 41.0 Å². The molecule has 0 spiro atoms. The van der Waals surface area contributed by atoms with Crippen LogP contribution in [0.3, 0.4) is 0 Å². The highest BCUT2D eigenvalue weighted by atomic mass is 16.8. The van der Waals surface area contributed by atoms with Crippen molar-refractivity contribution < 1.29 is 83.6 Å². The Hall–Kier alpha value is -4.40. The van der Waals surface area contributed by atoms with E-state index in [9.17, 15) is 55.5 Å². The number of aromatic hydroxyl groups is 4. The molecule has 5 rings (SSSR count). The zero-order valence-electron chi connectivity index (χ0n) is 25.5. The molecule has 48 heavy (non-hydrogen) atoms. The van der Waals surface area contributed by atoms with Crippen LogP contribution < -0.4 is 14.9 Å². The summed E-state index contributed by atoms with van der Waals surface area (Å²) in [6.45, 7) is 1.86. The molecule has 18 nitrogen and oxygen atoms in total. The van der Waals surface area contributed by atoms with E-state index in [-0.39, 0.29) is 17.1 Å². The van der Waals surface area contributed by atoms with Crippen molar-refractivity contribution in [2.24, 2.45) is 0 Å². The standard InChI is InChI=1S/C30H34O18/c1-9-18(34)22(38)25(41)29(44-9)48-28-23(39)19(35)16(8-43-10(2)31)46-30(28)45-15-7-13(33)17-21(37)24(40)26(47-27(17)20(15)36)11-4-5-12(32)14(6-11)42-3/h4-7,9,16,18-19,22-23,25,28-30,32-36,38-41H,8H2,1-3H3/t9?,16?,18-,19+,22-,23-,25?,28?,29-,30+/m0/s1. The second kappa shape index (κ2) is 13.6. The van der Waals surface area contributed by atoms with Crippen LogP contribution in [0.2, 0.25) is 0 Å². The van der Waals surface area contributed by atoms with Gasteiger partial charge in [0.2, 0.25) is 23.2 Å². The Morgan fingerprint density at radius 1 is 0.833 bits per heavy atom. The van der Waals surface area contributed by atoms with Gasteiger partial charge in [-0.25, -0.2) is 0 Å². The first kappa shape index (κ1) is 34.9. The summed E-state index contributed by atoms with van der Waals surface area (Å²) in [6.07, 6.45) is -16.8. The predicted molar refractivity (Wildman–Crippen MR) is 156 cm³/mol. The fraction of sp³-hybridized carbons (Fsp3) is 0.467. The number of rotatable bonds is 8. The molecule has 0 aliphatic carbocycles. The molecule has 0 radical (unpaired) electrons. The number of carbonyl (C=O) groups excluding carboxylic acids is 1. The number of hydrogen-bond acceptors (Lipinski definition) is 18. The Morgan fingerprint density at radius 3 is 2.21 bits per heavy atom. The highest BCUT2D eigenvalue weighted by Crippen LogP contribution is 2.44. The zero-order valence-corrected chi connectivity index (χ0v) is 25.5. The van der Waals surface area contributed by atoms with E-state index in [0.717, 1.165) is 13.0 Å². The fourth-order valence-electron chi connectivity index (χ4n) is 5.29. The van der Waals surface area contributed by atoms with Crippen LogP contribution in [0, 0.1) is 0 Å². The van der Waals surface area contributed by atoms with Gasteiger partial charge in [-0.3, -0.25) is 9.59 Å².